The van der Waals surface area contributed by atoms with Crippen molar-refractivity contribution in [1.82, 2.24) is 10.2 Å². The molecule has 2 amide bonds. The zero-order chi connectivity index (χ0) is 17.2. The smallest absolute Gasteiger partial charge is 0.422 e. The number of urea groups is 1. The summed E-state index contributed by atoms with van der Waals surface area (Å²) in [6.45, 7) is 0.400. The number of hydrogen-bond acceptors (Lipinski definition) is 3. The van der Waals surface area contributed by atoms with Gasteiger partial charge in [-0.25, -0.2) is 4.79 Å². The summed E-state index contributed by atoms with van der Waals surface area (Å²) in [5.41, 5.74) is 0.219. The molecular formula is C16H20F3N3O2. The standard InChI is InChI=1S/C16H20F3N3O2/c17-16(18,19)10-24-14-4-2-1-3-13(14)21-15(23)20-11-7-8-22(9-11)12-5-6-12/h1-4,11-12H,5-10H2,(H2,20,21,23)/t11-/m0/s1. The maximum Gasteiger partial charge on any atom is 0.422 e. The Morgan fingerprint density at radius 2 is 2.00 bits per heavy atom. The van der Waals surface area contributed by atoms with E-state index < -0.39 is 18.8 Å². The minimum Gasteiger partial charge on any atom is -0.482 e. The maximum absolute atomic E-state index is 12.3. The van der Waals surface area contributed by atoms with E-state index in [4.69, 9.17) is 4.74 Å². The Kier molecular flexibility index (Phi) is 4.84. The van der Waals surface area contributed by atoms with E-state index in [-0.39, 0.29) is 17.5 Å². The van der Waals surface area contributed by atoms with E-state index in [1.54, 1.807) is 12.1 Å². The summed E-state index contributed by atoms with van der Waals surface area (Å²) < 4.78 is 41.6. The lowest BCUT2D eigenvalue weighted by molar-refractivity contribution is -0.153. The van der Waals surface area contributed by atoms with E-state index in [2.05, 4.69) is 15.5 Å². The van der Waals surface area contributed by atoms with Gasteiger partial charge in [-0.3, -0.25) is 4.90 Å². The predicted molar refractivity (Wildman–Crippen MR) is 83.1 cm³/mol. The summed E-state index contributed by atoms with van der Waals surface area (Å²) in [5.74, 6) is -0.00370. The molecule has 24 heavy (non-hydrogen) atoms. The molecule has 132 valence electrons. The third-order valence-corrected chi connectivity index (χ3v) is 4.14. The SMILES string of the molecule is O=C(Nc1ccccc1OCC(F)(F)F)N[C@H]1CCN(C2CC2)C1. The average molecular weight is 343 g/mol. The van der Waals surface area contributed by atoms with Crippen molar-refractivity contribution in [2.24, 2.45) is 0 Å². The van der Waals surface area contributed by atoms with Crippen LogP contribution in [-0.2, 0) is 0 Å². The maximum atomic E-state index is 12.3. The fraction of sp³-hybridized carbons (Fsp3) is 0.562. The lowest BCUT2D eigenvalue weighted by atomic mass is 10.2. The number of nitrogens with one attached hydrogen (secondary N) is 2. The summed E-state index contributed by atoms with van der Waals surface area (Å²) in [5, 5.41) is 5.44. The lowest BCUT2D eigenvalue weighted by Crippen LogP contribution is -2.40. The third-order valence-electron chi connectivity index (χ3n) is 4.14. The molecule has 2 N–H and O–H groups in total. The van der Waals surface area contributed by atoms with Crippen molar-refractivity contribution in [3.63, 3.8) is 0 Å². The molecule has 1 aliphatic carbocycles. The van der Waals surface area contributed by atoms with E-state index >= 15 is 0 Å². The van der Waals surface area contributed by atoms with Gasteiger partial charge in [-0.05, 0) is 31.4 Å². The molecule has 0 spiro atoms. The first kappa shape index (κ1) is 16.9. The van der Waals surface area contributed by atoms with Crippen LogP contribution < -0.4 is 15.4 Å². The topological polar surface area (TPSA) is 53.6 Å². The number of alkyl halides is 3. The van der Waals surface area contributed by atoms with Gasteiger partial charge in [0.2, 0.25) is 0 Å². The number of rotatable bonds is 5. The van der Waals surface area contributed by atoms with Gasteiger partial charge in [0, 0.05) is 25.2 Å². The monoisotopic (exact) mass is 343 g/mol. The first-order valence-electron chi connectivity index (χ1n) is 8.01. The van der Waals surface area contributed by atoms with Gasteiger partial charge >= 0.3 is 12.2 Å². The molecular weight excluding hydrogens is 323 g/mol. The second-order valence-corrected chi connectivity index (χ2v) is 6.21. The minimum atomic E-state index is -4.43. The minimum absolute atomic E-state index is 0.00370. The van der Waals surface area contributed by atoms with Crippen molar-refractivity contribution < 1.29 is 22.7 Å². The second kappa shape index (κ2) is 6.88. The summed E-state index contributed by atoms with van der Waals surface area (Å²) in [7, 11) is 0. The molecule has 0 radical (unpaired) electrons. The molecule has 8 heteroatoms. The van der Waals surface area contributed by atoms with Gasteiger partial charge in [0.15, 0.2) is 6.61 Å². The van der Waals surface area contributed by atoms with Gasteiger partial charge in [0.05, 0.1) is 5.69 Å². The van der Waals surface area contributed by atoms with Crippen LogP contribution >= 0.6 is 0 Å². The third kappa shape index (κ3) is 4.77. The van der Waals surface area contributed by atoms with E-state index in [1.165, 1.54) is 25.0 Å². The Labute approximate surface area is 138 Å². The first-order chi connectivity index (χ1) is 11.4. The zero-order valence-electron chi connectivity index (χ0n) is 13.1. The highest BCUT2D eigenvalue weighted by Crippen LogP contribution is 2.30. The second-order valence-electron chi connectivity index (χ2n) is 6.21. The van der Waals surface area contributed by atoms with Gasteiger partial charge < -0.3 is 15.4 Å². The zero-order valence-corrected chi connectivity index (χ0v) is 13.1. The molecule has 1 saturated carbocycles. The van der Waals surface area contributed by atoms with Crippen LogP contribution in [0.5, 0.6) is 5.75 Å². The number of carbonyl (C=O) groups excluding carboxylic acids is 1. The van der Waals surface area contributed by atoms with Crippen molar-refractivity contribution in [3.8, 4) is 5.75 Å². The average Bonchev–Trinajstić information content (AvgIpc) is 3.26. The Balaban J connectivity index is 1.52. The van der Waals surface area contributed by atoms with Crippen LogP contribution in [-0.4, -0.2) is 48.9 Å². The summed E-state index contributed by atoms with van der Waals surface area (Å²) in [6, 6.07) is 6.38. The van der Waals surface area contributed by atoms with Crippen molar-refractivity contribution in [3.05, 3.63) is 24.3 Å². The number of likely N-dealkylation sites (tertiary alicyclic amines) is 1. The van der Waals surface area contributed by atoms with Gasteiger partial charge in [-0.1, -0.05) is 12.1 Å². The van der Waals surface area contributed by atoms with Crippen molar-refractivity contribution in [2.75, 3.05) is 25.0 Å². The number of amides is 2. The summed E-state index contributed by atoms with van der Waals surface area (Å²) in [4.78, 5) is 14.5. The van der Waals surface area contributed by atoms with E-state index in [0.717, 1.165) is 19.5 Å². The molecule has 1 saturated heterocycles. The largest absolute Gasteiger partial charge is 0.482 e. The predicted octanol–water partition coefficient (Wildman–Crippen LogP) is 2.99. The number of anilines is 1. The Hall–Kier alpha value is -1.96. The van der Waals surface area contributed by atoms with Crippen LogP contribution in [0.4, 0.5) is 23.7 Å². The van der Waals surface area contributed by atoms with Crippen LogP contribution in [0.3, 0.4) is 0 Å². The van der Waals surface area contributed by atoms with E-state index in [0.29, 0.717) is 6.04 Å². The fourth-order valence-electron chi connectivity index (χ4n) is 2.88. The molecule has 5 nitrogen and oxygen atoms in total. The molecule has 0 unspecified atom stereocenters. The number of nitrogens with zero attached hydrogens (tertiary/aromatic N) is 1. The van der Waals surface area contributed by atoms with Gasteiger partial charge in [0.1, 0.15) is 5.75 Å². The molecule has 3 rings (SSSR count). The summed E-state index contributed by atoms with van der Waals surface area (Å²) >= 11 is 0. The van der Waals surface area contributed by atoms with Crippen LogP contribution in [0.25, 0.3) is 0 Å². The molecule has 1 heterocycles. The number of carbonyl (C=O) groups is 1. The highest BCUT2D eigenvalue weighted by atomic mass is 19.4. The highest BCUT2D eigenvalue weighted by molar-refractivity contribution is 5.91. The number of hydrogen-bond donors (Lipinski definition) is 2. The molecule has 2 aliphatic rings. The van der Waals surface area contributed by atoms with Crippen molar-refractivity contribution in [2.45, 2.75) is 37.5 Å². The van der Waals surface area contributed by atoms with Crippen LogP contribution in [0, 0.1) is 0 Å². The first-order valence-corrected chi connectivity index (χ1v) is 8.01. The highest BCUT2D eigenvalue weighted by Gasteiger charge is 2.34. The van der Waals surface area contributed by atoms with Crippen LogP contribution in [0.15, 0.2) is 24.3 Å². The van der Waals surface area contributed by atoms with Gasteiger partial charge in [-0.2, -0.15) is 13.2 Å². The quantitative estimate of drug-likeness (QED) is 0.864. The van der Waals surface area contributed by atoms with E-state index in [9.17, 15) is 18.0 Å². The van der Waals surface area contributed by atoms with Gasteiger partial charge in [-0.15, -0.1) is 0 Å². The molecule has 1 atom stereocenters. The Morgan fingerprint density at radius 1 is 1.25 bits per heavy atom. The van der Waals surface area contributed by atoms with Crippen LogP contribution in [0.2, 0.25) is 0 Å². The Morgan fingerprint density at radius 3 is 2.71 bits per heavy atom. The lowest BCUT2D eigenvalue weighted by Gasteiger charge is -2.17. The number of halogens is 3. The number of para-hydroxylation sites is 2. The molecule has 0 bridgehead atoms. The molecule has 2 fully saturated rings. The van der Waals surface area contributed by atoms with E-state index in [1.807, 2.05) is 0 Å². The molecule has 1 aromatic rings. The Bertz CT molecular complexity index is 590. The van der Waals surface area contributed by atoms with Crippen LogP contribution in [0.1, 0.15) is 19.3 Å². The van der Waals surface area contributed by atoms with Crippen molar-refractivity contribution in [1.29, 1.82) is 0 Å². The van der Waals surface area contributed by atoms with Gasteiger partial charge in [0.25, 0.3) is 0 Å². The summed E-state index contributed by atoms with van der Waals surface area (Å²) in [6.07, 6.45) is -1.09. The molecule has 0 aromatic heterocycles. The molecule has 1 aromatic carbocycles. The normalized spacial score (nSPS) is 21.5. The number of ether oxygens (including phenoxy) is 1. The number of benzene rings is 1. The van der Waals surface area contributed by atoms with Crippen molar-refractivity contribution >= 4 is 11.7 Å². The molecule has 1 aliphatic heterocycles. The fourth-order valence-corrected chi connectivity index (χ4v) is 2.88.